The summed E-state index contributed by atoms with van der Waals surface area (Å²) >= 11 is 0. The molecular weight excluding hydrogens is 264 g/mol. The minimum absolute atomic E-state index is 0.0220. The Morgan fingerprint density at radius 1 is 0.952 bits per heavy atom. The molecule has 3 nitrogen and oxygen atoms in total. The highest BCUT2D eigenvalue weighted by molar-refractivity contribution is 5.75. The van der Waals surface area contributed by atoms with Crippen LogP contribution >= 0.6 is 0 Å². The van der Waals surface area contributed by atoms with E-state index < -0.39 is 5.63 Å². The van der Waals surface area contributed by atoms with Crippen LogP contribution in [-0.4, -0.2) is 5.11 Å². The minimum Gasteiger partial charge on any atom is -0.507 e. The van der Waals surface area contributed by atoms with E-state index in [2.05, 4.69) is 0 Å². The van der Waals surface area contributed by atoms with E-state index >= 15 is 0 Å². The van der Waals surface area contributed by atoms with Crippen LogP contribution < -0.4 is 5.63 Å². The largest absolute Gasteiger partial charge is 0.507 e. The van der Waals surface area contributed by atoms with Crippen molar-refractivity contribution in [3.8, 4) is 16.9 Å². The second kappa shape index (κ2) is 5.06. The maximum absolute atomic E-state index is 12.4. The second-order valence-electron chi connectivity index (χ2n) is 6.68. The van der Waals surface area contributed by atoms with E-state index in [1.165, 1.54) is 0 Å². The lowest BCUT2D eigenvalue weighted by Gasteiger charge is -2.18. The first-order valence-corrected chi connectivity index (χ1v) is 7.07. The molecule has 2 aromatic rings. The van der Waals surface area contributed by atoms with Gasteiger partial charge in [0.25, 0.3) is 0 Å². The number of aromatic hydroxyl groups is 1. The fourth-order valence-electron chi connectivity index (χ4n) is 2.66. The molecular formula is C18H22O3. The molecule has 0 amide bonds. The van der Waals surface area contributed by atoms with Gasteiger partial charge in [0.05, 0.1) is 0 Å². The Hall–Kier alpha value is -2.03. The topological polar surface area (TPSA) is 50.4 Å². The van der Waals surface area contributed by atoms with Gasteiger partial charge in [-0.05, 0) is 37.5 Å². The Morgan fingerprint density at radius 3 is 1.90 bits per heavy atom. The van der Waals surface area contributed by atoms with Gasteiger partial charge in [0, 0.05) is 11.5 Å². The highest BCUT2D eigenvalue weighted by atomic mass is 16.4. The van der Waals surface area contributed by atoms with Gasteiger partial charge in [-0.25, -0.2) is 4.79 Å². The van der Waals surface area contributed by atoms with E-state index in [1.54, 1.807) is 6.07 Å². The van der Waals surface area contributed by atoms with E-state index in [0.717, 1.165) is 22.3 Å². The van der Waals surface area contributed by atoms with Crippen molar-refractivity contribution < 1.29 is 9.52 Å². The maximum Gasteiger partial charge on any atom is 0.347 e. The van der Waals surface area contributed by atoms with Gasteiger partial charge in [0.2, 0.25) is 0 Å². The number of benzene rings is 1. The van der Waals surface area contributed by atoms with Crippen molar-refractivity contribution in [3.63, 3.8) is 0 Å². The van der Waals surface area contributed by atoms with Gasteiger partial charge in [0.15, 0.2) is 0 Å². The predicted molar refractivity (Wildman–Crippen MR) is 85.0 cm³/mol. The normalized spacial score (nSPS) is 11.7. The van der Waals surface area contributed by atoms with Crippen LogP contribution in [0.15, 0.2) is 27.4 Å². The maximum atomic E-state index is 12.4. The van der Waals surface area contributed by atoms with Crippen molar-refractivity contribution >= 4 is 0 Å². The molecule has 0 bridgehead atoms. The zero-order valence-corrected chi connectivity index (χ0v) is 13.5. The van der Waals surface area contributed by atoms with Crippen LogP contribution in [0.3, 0.4) is 0 Å². The zero-order valence-electron chi connectivity index (χ0n) is 13.5. The molecule has 0 radical (unpaired) electrons. The first-order chi connectivity index (χ1) is 9.61. The zero-order chi connectivity index (χ0) is 15.9. The molecule has 0 atom stereocenters. The van der Waals surface area contributed by atoms with Crippen LogP contribution in [0.25, 0.3) is 11.1 Å². The van der Waals surface area contributed by atoms with Crippen molar-refractivity contribution in [3.05, 3.63) is 51.1 Å². The summed E-state index contributed by atoms with van der Waals surface area (Å²) in [5, 5.41) is 10.3. The van der Waals surface area contributed by atoms with E-state index in [1.807, 2.05) is 53.7 Å². The number of rotatable bonds is 1. The third kappa shape index (κ3) is 2.87. The van der Waals surface area contributed by atoms with Gasteiger partial charge < -0.3 is 9.52 Å². The van der Waals surface area contributed by atoms with Gasteiger partial charge in [-0.1, -0.05) is 38.5 Å². The lowest BCUT2D eigenvalue weighted by atomic mass is 9.90. The van der Waals surface area contributed by atoms with E-state index in [4.69, 9.17) is 4.42 Å². The first-order valence-electron chi connectivity index (χ1n) is 7.07. The SMILES string of the molecule is Cc1cc(C)c(-c2c(O)cc(C(C)(C)C)oc2=O)c(C)c1. The van der Waals surface area contributed by atoms with Crippen LogP contribution in [0.2, 0.25) is 0 Å². The summed E-state index contributed by atoms with van der Waals surface area (Å²) in [5.41, 5.74) is 3.23. The average Bonchev–Trinajstić information content (AvgIpc) is 2.29. The molecule has 0 unspecified atom stereocenters. The van der Waals surface area contributed by atoms with Crippen LogP contribution in [0.4, 0.5) is 0 Å². The summed E-state index contributed by atoms with van der Waals surface area (Å²) in [7, 11) is 0. The third-order valence-corrected chi connectivity index (χ3v) is 3.60. The molecule has 0 fully saturated rings. The molecule has 1 aromatic carbocycles. The van der Waals surface area contributed by atoms with Crippen LogP contribution in [0.1, 0.15) is 43.2 Å². The fourth-order valence-corrected chi connectivity index (χ4v) is 2.66. The lowest BCUT2D eigenvalue weighted by molar-refractivity contribution is 0.366. The quantitative estimate of drug-likeness (QED) is 0.853. The molecule has 112 valence electrons. The minimum atomic E-state index is -0.491. The molecule has 1 aromatic heterocycles. The summed E-state index contributed by atoms with van der Waals surface area (Å²) in [6.07, 6.45) is 0. The summed E-state index contributed by atoms with van der Waals surface area (Å²) in [6, 6.07) is 5.55. The monoisotopic (exact) mass is 286 g/mol. The third-order valence-electron chi connectivity index (χ3n) is 3.60. The predicted octanol–water partition coefficient (Wildman–Crippen LogP) is 4.24. The van der Waals surface area contributed by atoms with Gasteiger partial charge >= 0.3 is 5.63 Å². The standard InChI is InChI=1S/C18H22O3/c1-10-7-11(2)15(12(3)8-10)16-13(19)9-14(18(4,5)6)21-17(16)20/h7-9,19H,1-6H3. The van der Waals surface area contributed by atoms with Gasteiger partial charge in [0.1, 0.15) is 17.1 Å². The van der Waals surface area contributed by atoms with Crippen molar-refractivity contribution in [1.82, 2.24) is 0 Å². The van der Waals surface area contributed by atoms with Crippen LogP contribution in [-0.2, 0) is 5.41 Å². The highest BCUT2D eigenvalue weighted by Crippen LogP contribution is 2.34. The molecule has 0 aliphatic heterocycles. The Balaban J connectivity index is 2.76. The first kappa shape index (κ1) is 15.4. The average molecular weight is 286 g/mol. The van der Waals surface area contributed by atoms with Crippen molar-refractivity contribution in [1.29, 1.82) is 0 Å². The van der Waals surface area contributed by atoms with Crippen molar-refractivity contribution in [2.24, 2.45) is 0 Å². The lowest BCUT2D eigenvalue weighted by Crippen LogP contribution is -2.16. The Kier molecular flexibility index (Phi) is 3.70. The summed E-state index contributed by atoms with van der Waals surface area (Å²) in [5.74, 6) is 0.461. The molecule has 0 saturated heterocycles. The van der Waals surface area contributed by atoms with Crippen molar-refractivity contribution in [2.75, 3.05) is 0 Å². The van der Waals surface area contributed by atoms with E-state index in [-0.39, 0.29) is 16.7 Å². The number of aryl methyl sites for hydroxylation is 3. The van der Waals surface area contributed by atoms with Gasteiger partial charge in [-0.15, -0.1) is 0 Å². The molecule has 1 N–H and O–H groups in total. The Bertz CT molecular complexity index is 723. The molecule has 2 rings (SSSR count). The summed E-state index contributed by atoms with van der Waals surface area (Å²) in [4.78, 5) is 12.4. The van der Waals surface area contributed by atoms with E-state index in [0.29, 0.717) is 5.76 Å². The van der Waals surface area contributed by atoms with Crippen LogP contribution in [0.5, 0.6) is 5.75 Å². The number of hydrogen-bond acceptors (Lipinski definition) is 3. The molecule has 3 heteroatoms. The summed E-state index contributed by atoms with van der Waals surface area (Å²) < 4.78 is 5.43. The second-order valence-corrected chi connectivity index (χ2v) is 6.68. The van der Waals surface area contributed by atoms with Crippen LogP contribution in [0, 0.1) is 20.8 Å². The molecule has 0 saturated carbocycles. The van der Waals surface area contributed by atoms with Crippen molar-refractivity contribution in [2.45, 2.75) is 47.0 Å². The van der Waals surface area contributed by atoms with Gasteiger partial charge in [-0.3, -0.25) is 0 Å². The Labute approximate surface area is 125 Å². The molecule has 21 heavy (non-hydrogen) atoms. The smallest absolute Gasteiger partial charge is 0.347 e. The molecule has 0 aliphatic carbocycles. The van der Waals surface area contributed by atoms with E-state index in [9.17, 15) is 9.90 Å². The van der Waals surface area contributed by atoms with Gasteiger partial charge in [-0.2, -0.15) is 0 Å². The highest BCUT2D eigenvalue weighted by Gasteiger charge is 2.23. The number of hydrogen-bond donors (Lipinski definition) is 1. The molecule has 0 spiro atoms. The Morgan fingerprint density at radius 2 is 1.48 bits per heavy atom. The molecule has 1 heterocycles. The molecule has 0 aliphatic rings. The fraction of sp³-hybridized carbons (Fsp3) is 0.389. The summed E-state index contributed by atoms with van der Waals surface area (Å²) in [6.45, 7) is 11.7.